The monoisotopic (exact) mass is 413 g/mol. The van der Waals surface area contributed by atoms with Crippen LogP contribution in [-0.2, 0) is 9.59 Å². The van der Waals surface area contributed by atoms with Crippen LogP contribution in [0, 0.1) is 5.92 Å². The van der Waals surface area contributed by atoms with Crippen LogP contribution in [0.5, 0.6) is 0 Å². The summed E-state index contributed by atoms with van der Waals surface area (Å²) in [4.78, 5) is 40.4. The second kappa shape index (κ2) is 9.56. The number of anilines is 1. The van der Waals surface area contributed by atoms with Gasteiger partial charge in [-0.05, 0) is 49.2 Å². The van der Waals surface area contributed by atoms with Crippen molar-refractivity contribution < 1.29 is 14.4 Å². The Balaban J connectivity index is 1.64. The number of amides is 3. The lowest BCUT2D eigenvalue weighted by Gasteiger charge is -2.34. The van der Waals surface area contributed by atoms with Gasteiger partial charge < -0.3 is 15.5 Å². The second-order valence-electron chi connectivity index (χ2n) is 7.12. The Morgan fingerprint density at radius 2 is 1.62 bits per heavy atom. The summed E-state index contributed by atoms with van der Waals surface area (Å²) in [5.74, 6) is -0.725. The van der Waals surface area contributed by atoms with E-state index in [1.807, 2.05) is 30.3 Å². The Kier molecular flexibility index (Phi) is 6.88. The SMILES string of the molecule is NC(=O)CCN(C(=O)C1CCN(C(=O)c2ccc(Cl)cc2)CC1)c1ccccc1. The number of rotatable bonds is 6. The van der Waals surface area contributed by atoms with E-state index in [0.29, 0.717) is 36.5 Å². The Labute approximate surface area is 175 Å². The minimum Gasteiger partial charge on any atom is -0.370 e. The summed E-state index contributed by atoms with van der Waals surface area (Å²) in [6.45, 7) is 1.27. The molecule has 1 fully saturated rings. The largest absolute Gasteiger partial charge is 0.370 e. The Bertz CT molecular complexity index is 863. The van der Waals surface area contributed by atoms with Crippen molar-refractivity contribution in [3.8, 4) is 0 Å². The number of nitrogens with zero attached hydrogens (tertiary/aromatic N) is 2. The number of likely N-dealkylation sites (tertiary alicyclic amines) is 1. The summed E-state index contributed by atoms with van der Waals surface area (Å²) in [6.07, 6.45) is 1.27. The molecule has 0 spiro atoms. The molecule has 1 aliphatic heterocycles. The fourth-order valence-corrected chi connectivity index (χ4v) is 3.65. The van der Waals surface area contributed by atoms with Crippen molar-refractivity contribution in [2.45, 2.75) is 19.3 Å². The maximum atomic E-state index is 13.2. The summed E-state index contributed by atoms with van der Waals surface area (Å²) >= 11 is 5.89. The van der Waals surface area contributed by atoms with Crippen molar-refractivity contribution in [1.82, 2.24) is 4.90 Å². The molecule has 2 aromatic carbocycles. The maximum absolute atomic E-state index is 13.2. The summed E-state index contributed by atoms with van der Waals surface area (Å²) < 4.78 is 0. The Morgan fingerprint density at radius 3 is 2.21 bits per heavy atom. The molecular formula is C22H24ClN3O3. The second-order valence-corrected chi connectivity index (χ2v) is 7.55. The molecule has 3 rings (SSSR count). The molecule has 0 unspecified atom stereocenters. The molecule has 0 saturated carbocycles. The first-order valence-electron chi connectivity index (χ1n) is 9.65. The molecule has 2 aromatic rings. The van der Waals surface area contributed by atoms with E-state index in [0.717, 1.165) is 5.69 Å². The third-order valence-electron chi connectivity index (χ3n) is 5.14. The molecule has 0 aromatic heterocycles. The summed E-state index contributed by atoms with van der Waals surface area (Å²) in [7, 11) is 0. The lowest BCUT2D eigenvalue weighted by atomic mass is 9.94. The van der Waals surface area contributed by atoms with E-state index in [2.05, 4.69) is 0 Å². The van der Waals surface area contributed by atoms with Crippen molar-refractivity contribution in [2.75, 3.05) is 24.5 Å². The first-order chi connectivity index (χ1) is 14.0. The van der Waals surface area contributed by atoms with Gasteiger partial charge >= 0.3 is 0 Å². The summed E-state index contributed by atoms with van der Waals surface area (Å²) in [5, 5.41) is 0.586. The van der Waals surface area contributed by atoms with Gasteiger partial charge in [0.05, 0.1) is 0 Å². The first kappa shape index (κ1) is 20.9. The van der Waals surface area contributed by atoms with Crippen LogP contribution in [0.3, 0.4) is 0 Å². The number of carbonyl (C=O) groups is 3. The van der Waals surface area contributed by atoms with Crippen LogP contribution in [0.4, 0.5) is 5.69 Å². The predicted molar refractivity (Wildman–Crippen MR) is 113 cm³/mol. The van der Waals surface area contributed by atoms with E-state index in [-0.39, 0.29) is 30.7 Å². The number of benzene rings is 2. The van der Waals surface area contributed by atoms with Crippen LogP contribution in [0.15, 0.2) is 54.6 Å². The van der Waals surface area contributed by atoms with Crippen LogP contribution in [0.2, 0.25) is 5.02 Å². The number of piperidine rings is 1. The van der Waals surface area contributed by atoms with Crippen LogP contribution in [0.25, 0.3) is 0 Å². The zero-order valence-corrected chi connectivity index (χ0v) is 16.8. The molecule has 1 saturated heterocycles. The van der Waals surface area contributed by atoms with E-state index >= 15 is 0 Å². The molecule has 7 heteroatoms. The number of carbonyl (C=O) groups excluding carboxylic acids is 3. The maximum Gasteiger partial charge on any atom is 0.253 e. The van der Waals surface area contributed by atoms with E-state index in [9.17, 15) is 14.4 Å². The van der Waals surface area contributed by atoms with Crippen LogP contribution >= 0.6 is 11.6 Å². The quantitative estimate of drug-likeness (QED) is 0.789. The fraction of sp³-hybridized carbons (Fsp3) is 0.318. The minimum atomic E-state index is -0.442. The van der Waals surface area contributed by atoms with Crippen molar-refractivity contribution in [3.05, 3.63) is 65.2 Å². The van der Waals surface area contributed by atoms with Gasteiger partial charge in [-0.15, -0.1) is 0 Å². The predicted octanol–water partition coefficient (Wildman–Crippen LogP) is 3.10. The number of halogens is 1. The lowest BCUT2D eigenvalue weighted by Crippen LogP contribution is -2.45. The molecule has 2 N–H and O–H groups in total. The van der Waals surface area contributed by atoms with Gasteiger partial charge in [0.2, 0.25) is 11.8 Å². The van der Waals surface area contributed by atoms with E-state index < -0.39 is 5.91 Å². The standard InChI is InChI=1S/C22H24ClN3O3/c23-18-8-6-16(7-9-18)21(28)25-13-10-17(11-14-25)22(29)26(15-12-20(24)27)19-4-2-1-3-5-19/h1-9,17H,10-15H2,(H2,24,27). The molecule has 3 amide bonds. The normalized spacial score (nSPS) is 14.4. The number of hydrogen-bond acceptors (Lipinski definition) is 3. The Morgan fingerprint density at radius 1 is 1.00 bits per heavy atom. The van der Waals surface area contributed by atoms with Crippen LogP contribution in [-0.4, -0.2) is 42.3 Å². The molecule has 152 valence electrons. The van der Waals surface area contributed by atoms with Gasteiger partial charge in [0.1, 0.15) is 0 Å². The zero-order chi connectivity index (χ0) is 20.8. The van der Waals surface area contributed by atoms with Gasteiger partial charge in [0, 0.05) is 48.2 Å². The molecular weight excluding hydrogens is 390 g/mol. The average Bonchev–Trinajstić information content (AvgIpc) is 2.74. The van der Waals surface area contributed by atoms with Crippen molar-refractivity contribution in [1.29, 1.82) is 0 Å². The van der Waals surface area contributed by atoms with Crippen molar-refractivity contribution in [2.24, 2.45) is 11.7 Å². The molecule has 0 atom stereocenters. The fourth-order valence-electron chi connectivity index (χ4n) is 3.52. The lowest BCUT2D eigenvalue weighted by molar-refractivity contribution is -0.123. The van der Waals surface area contributed by atoms with Gasteiger partial charge in [-0.2, -0.15) is 0 Å². The highest BCUT2D eigenvalue weighted by Gasteiger charge is 2.31. The summed E-state index contributed by atoms with van der Waals surface area (Å²) in [6, 6.07) is 16.1. The number of primary amides is 1. The molecule has 1 aliphatic rings. The van der Waals surface area contributed by atoms with Gasteiger partial charge in [0.25, 0.3) is 5.91 Å². The van der Waals surface area contributed by atoms with Gasteiger partial charge in [-0.3, -0.25) is 14.4 Å². The molecule has 6 nitrogen and oxygen atoms in total. The molecule has 0 aliphatic carbocycles. The topological polar surface area (TPSA) is 83.7 Å². The number of hydrogen-bond donors (Lipinski definition) is 1. The van der Waals surface area contributed by atoms with Crippen molar-refractivity contribution >= 4 is 35.0 Å². The molecule has 29 heavy (non-hydrogen) atoms. The minimum absolute atomic E-state index is 0.0314. The third-order valence-corrected chi connectivity index (χ3v) is 5.39. The highest BCUT2D eigenvalue weighted by Crippen LogP contribution is 2.25. The van der Waals surface area contributed by atoms with Gasteiger partial charge in [-0.25, -0.2) is 0 Å². The summed E-state index contributed by atoms with van der Waals surface area (Å²) in [5.41, 5.74) is 6.62. The Hall–Kier alpha value is -2.86. The molecule has 0 radical (unpaired) electrons. The van der Waals surface area contributed by atoms with Crippen LogP contribution in [0.1, 0.15) is 29.6 Å². The number of nitrogens with two attached hydrogens (primary N) is 1. The molecule has 1 heterocycles. The van der Waals surface area contributed by atoms with E-state index in [1.165, 1.54) is 0 Å². The number of para-hydroxylation sites is 1. The smallest absolute Gasteiger partial charge is 0.253 e. The highest BCUT2D eigenvalue weighted by atomic mass is 35.5. The first-order valence-corrected chi connectivity index (χ1v) is 10.0. The highest BCUT2D eigenvalue weighted by molar-refractivity contribution is 6.30. The average molecular weight is 414 g/mol. The van der Waals surface area contributed by atoms with Gasteiger partial charge in [0.15, 0.2) is 0 Å². The van der Waals surface area contributed by atoms with E-state index in [1.54, 1.807) is 34.1 Å². The van der Waals surface area contributed by atoms with Crippen LogP contribution < -0.4 is 10.6 Å². The van der Waals surface area contributed by atoms with E-state index in [4.69, 9.17) is 17.3 Å². The van der Waals surface area contributed by atoms with Crippen molar-refractivity contribution in [3.63, 3.8) is 0 Å². The third kappa shape index (κ3) is 5.35. The van der Waals surface area contributed by atoms with Gasteiger partial charge in [-0.1, -0.05) is 29.8 Å². The zero-order valence-electron chi connectivity index (χ0n) is 16.1. The molecule has 0 bridgehead atoms.